The number of hydrogen-bond donors (Lipinski definition) is 0. The normalized spacial score (nSPS) is 11.1. The second-order valence-electron chi connectivity index (χ2n) is 3.96. The molecule has 1 aromatic carbocycles. The Morgan fingerprint density at radius 3 is 2.79 bits per heavy atom. The molecule has 2 nitrogen and oxygen atoms in total. The molecule has 2 heteroatoms. The molecule has 0 spiro atoms. The van der Waals surface area contributed by atoms with Crippen LogP contribution in [-0.2, 0) is 16.0 Å². The molecule has 0 amide bonds. The van der Waals surface area contributed by atoms with Crippen LogP contribution in [0, 0.1) is 11.5 Å². The monoisotopic (exact) mass is 191 g/mol. The van der Waals surface area contributed by atoms with Gasteiger partial charge in [-0.2, -0.15) is 0 Å². The average molecular weight is 191 g/mol. The van der Waals surface area contributed by atoms with Crippen LogP contribution in [0.3, 0.4) is 0 Å². The number of ether oxygens (including phenoxy) is 1. The fourth-order valence-electron chi connectivity index (χ4n) is 1.40. The first kappa shape index (κ1) is 10.8. The second kappa shape index (κ2) is 4.27. The van der Waals surface area contributed by atoms with Crippen molar-refractivity contribution in [2.75, 3.05) is 7.11 Å². The van der Waals surface area contributed by atoms with Gasteiger partial charge >= 0.3 is 5.97 Å². The molecule has 75 valence electrons. The van der Waals surface area contributed by atoms with E-state index in [1.54, 1.807) is 0 Å². The molecule has 0 aliphatic heterocycles. The van der Waals surface area contributed by atoms with E-state index >= 15 is 0 Å². The summed E-state index contributed by atoms with van der Waals surface area (Å²) in [4.78, 5) is 11.4. The molecule has 0 bridgehead atoms. The predicted molar refractivity (Wildman–Crippen MR) is 54.8 cm³/mol. The molecule has 0 aromatic heterocycles. The van der Waals surface area contributed by atoms with Crippen molar-refractivity contribution in [2.24, 2.45) is 5.41 Å². The highest BCUT2D eigenvalue weighted by Gasteiger charge is 2.28. The van der Waals surface area contributed by atoms with Crippen LogP contribution in [-0.4, -0.2) is 13.1 Å². The van der Waals surface area contributed by atoms with E-state index in [4.69, 9.17) is 4.74 Å². The standard InChI is InChI=1S/C12H15O2/c1-12(2,11(13)14-3)9-10-7-5-4-6-8-10/h4-5,7-8H,9H2,1-3H3. The van der Waals surface area contributed by atoms with Crippen molar-refractivity contribution >= 4 is 5.97 Å². The highest BCUT2D eigenvalue weighted by molar-refractivity contribution is 5.76. The molecule has 0 fully saturated rings. The predicted octanol–water partition coefficient (Wildman–Crippen LogP) is 2.23. The Labute approximate surface area is 84.9 Å². The molecule has 14 heavy (non-hydrogen) atoms. The Morgan fingerprint density at radius 1 is 1.57 bits per heavy atom. The largest absolute Gasteiger partial charge is 0.469 e. The van der Waals surface area contributed by atoms with E-state index in [1.165, 1.54) is 7.11 Å². The number of methoxy groups -OCH3 is 1. The summed E-state index contributed by atoms with van der Waals surface area (Å²) in [7, 11) is 1.42. The SMILES string of the molecule is COC(=O)C(C)(C)Cc1c[c]ccc1. The molecule has 0 aliphatic rings. The van der Waals surface area contributed by atoms with Crippen LogP contribution in [0.5, 0.6) is 0 Å². The Hall–Kier alpha value is -1.31. The Balaban J connectivity index is 2.73. The average Bonchev–Trinajstić information content (AvgIpc) is 2.17. The van der Waals surface area contributed by atoms with Gasteiger partial charge in [0.2, 0.25) is 0 Å². The summed E-state index contributed by atoms with van der Waals surface area (Å²) in [6.07, 6.45) is 0.678. The lowest BCUT2D eigenvalue weighted by Crippen LogP contribution is -2.27. The fourth-order valence-corrected chi connectivity index (χ4v) is 1.40. The quantitative estimate of drug-likeness (QED) is 0.685. The number of rotatable bonds is 3. The maximum atomic E-state index is 11.4. The van der Waals surface area contributed by atoms with E-state index in [9.17, 15) is 4.79 Å². The first-order chi connectivity index (χ1) is 6.56. The molecule has 1 rings (SSSR count). The molecule has 0 saturated carbocycles. The minimum atomic E-state index is -0.468. The zero-order chi connectivity index (χ0) is 10.6. The minimum absolute atomic E-state index is 0.179. The summed E-state index contributed by atoms with van der Waals surface area (Å²) in [6.45, 7) is 3.76. The maximum Gasteiger partial charge on any atom is 0.311 e. The van der Waals surface area contributed by atoms with Gasteiger partial charge in [0, 0.05) is 0 Å². The van der Waals surface area contributed by atoms with Gasteiger partial charge in [0.25, 0.3) is 0 Å². The number of esters is 1. The van der Waals surface area contributed by atoms with Gasteiger partial charge in [0.05, 0.1) is 12.5 Å². The van der Waals surface area contributed by atoms with Crippen molar-refractivity contribution in [3.8, 4) is 0 Å². The molecule has 0 unspecified atom stereocenters. The first-order valence-electron chi connectivity index (χ1n) is 4.59. The molecule has 0 atom stereocenters. The van der Waals surface area contributed by atoms with Gasteiger partial charge in [0.1, 0.15) is 0 Å². The third kappa shape index (κ3) is 2.59. The van der Waals surface area contributed by atoms with Crippen LogP contribution in [0.1, 0.15) is 19.4 Å². The summed E-state index contributed by atoms with van der Waals surface area (Å²) in [5.74, 6) is -0.179. The zero-order valence-electron chi connectivity index (χ0n) is 8.83. The molecular formula is C12H15O2. The first-order valence-corrected chi connectivity index (χ1v) is 4.59. The smallest absolute Gasteiger partial charge is 0.311 e. The van der Waals surface area contributed by atoms with Gasteiger partial charge in [-0.05, 0) is 31.9 Å². The van der Waals surface area contributed by atoms with E-state index in [-0.39, 0.29) is 5.97 Å². The lowest BCUT2D eigenvalue weighted by molar-refractivity contribution is -0.150. The van der Waals surface area contributed by atoms with Crippen molar-refractivity contribution in [3.05, 3.63) is 35.9 Å². The van der Waals surface area contributed by atoms with Crippen molar-refractivity contribution in [2.45, 2.75) is 20.3 Å². The fraction of sp³-hybridized carbons (Fsp3) is 0.417. The van der Waals surface area contributed by atoms with Crippen molar-refractivity contribution in [1.82, 2.24) is 0 Å². The van der Waals surface area contributed by atoms with Gasteiger partial charge in [-0.15, -0.1) is 0 Å². The number of carbonyl (C=O) groups is 1. The van der Waals surface area contributed by atoms with Gasteiger partial charge in [-0.1, -0.05) is 24.3 Å². The molecule has 0 heterocycles. The van der Waals surface area contributed by atoms with Crippen molar-refractivity contribution < 1.29 is 9.53 Å². The molecule has 1 aromatic rings. The second-order valence-corrected chi connectivity index (χ2v) is 3.96. The lowest BCUT2D eigenvalue weighted by Gasteiger charge is -2.21. The highest BCUT2D eigenvalue weighted by Crippen LogP contribution is 2.22. The maximum absolute atomic E-state index is 11.4. The van der Waals surface area contributed by atoms with Crippen molar-refractivity contribution in [1.29, 1.82) is 0 Å². The minimum Gasteiger partial charge on any atom is -0.469 e. The van der Waals surface area contributed by atoms with Crippen molar-refractivity contribution in [3.63, 3.8) is 0 Å². The number of benzene rings is 1. The molecule has 0 saturated heterocycles. The molecular weight excluding hydrogens is 176 g/mol. The van der Waals surface area contributed by atoms with Crippen LogP contribution < -0.4 is 0 Å². The molecule has 1 radical (unpaired) electrons. The Kier molecular flexibility index (Phi) is 3.28. The summed E-state index contributed by atoms with van der Waals surface area (Å²) in [6, 6.07) is 10.6. The van der Waals surface area contributed by atoms with E-state index in [0.29, 0.717) is 6.42 Å². The molecule has 0 N–H and O–H groups in total. The van der Waals surface area contributed by atoms with E-state index in [1.807, 2.05) is 38.1 Å². The van der Waals surface area contributed by atoms with Gasteiger partial charge < -0.3 is 4.74 Å². The van der Waals surface area contributed by atoms with Crippen LogP contribution >= 0.6 is 0 Å². The zero-order valence-corrected chi connectivity index (χ0v) is 8.83. The summed E-state index contributed by atoms with van der Waals surface area (Å²) in [5, 5.41) is 0. The lowest BCUT2D eigenvalue weighted by atomic mass is 9.86. The number of hydrogen-bond acceptors (Lipinski definition) is 2. The summed E-state index contributed by atoms with van der Waals surface area (Å²) < 4.78 is 4.74. The summed E-state index contributed by atoms with van der Waals surface area (Å²) in [5.41, 5.74) is 0.632. The van der Waals surface area contributed by atoms with Crippen LogP contribution in [0.2, 0.25) is 0 Å². The van der Waals surface area contributed by atoms with Crippen LogP contribution in [0.15, 0.2) is 24.3 Å². The van der Waals surface area contributed by atoms with Gasteiger partial charge in [-0.25, -0.2) is 0 Å². The Bertz CT molecular complexity index is 301. The molecule has 0 aliphatic carbocycles. The van der Waals surface area contributed by atoms with Crippen LogP contribution in [0.25, 0.3) is 0 Å². The van der Waals surface area contributed by atoms with E-state index in [0.717, 1.165) is 5.56 Å². The summed E-state index contributed by atoms with van der Waals surface area (Å²) >= 11 is 0. The Morgan fingerprint density at radius 2 is 2.29 bits per heavy atom. The van der Waals surface area contributed by atoms with Gasteiger partial charge in [-0.3, -0.25) is 4.79 Å². The van der Waals surface area contributed by atoms with E-state index in [2.05, 4.69) is 6.07 Å². The topological polar surface area (TPSA) is 26.3 Å². The van der Waals surface area contributed by atoms with E-state index < -0.39 is 5.41 Å². The highest BCUT2D eigenvalue weighted by atomic mass is 16.5. The third-order valence-electron chi connectivity index (χ3n) is 2.16. The third-order valence-corrected chi connectivity index (χ3v) is 2.16. The van der Waals surface area contributed by atoms with Gasteiger partial charge in [0.15, 0.2) is 0 Å². The number of carbonyl (C=O) groups excluding carboxylic acids is 1. The van der Waals surface area contributed by atoms with Crippen LogP contribution in [0.4, 0.5) is 0 Å².